The van der Waals surface area contributed by atoms with Crippen molar-refractivity contribution in [2.75, 3.05) is 5.75 Å². The lowest BCUT2D eigenvalue weighted by Crippen LogP contribution is -2.41. The number of carbonyl (C=O) groups is 1. The fourth-order valence-corrected chi connectivity index (χ4v) is 2.27. The van der Waals surface area contributed by atoms with Crippen molar-refractivity contribution < 1.29 is 4.79 Å². The number of benzene rings is 1. The molecule has 0 bridgehead atoms. The number of aromatic nitrogens is 2. The molecule has 1 aromatic heterocycles. The number of fused-ring (bicyclic) bond motifs is 1. The third-order valence-electron chi connectivity index (χ3n) is 2.22. The highest BCUT2D eigenvalue weighted by Crippen LogP contribution is 2.18. The molecule has 0 spiro atoms. The Morgan fingerprint density at radius 3 is 2.78 bits per heavy atom. The molecular formula is C13H17N3OS. The normalized spacial score (nSPS) is 11.7. The molecule has 2 rings (SSSR count). The maximum atomic E-state index is 11.7. The van der Waals surface area contributed by atoms with Crippen molar-refractivity contribution in [3.8, 4) is 0 Å². The van der Waals surface area contributed by atoms with Crippen LogP contribution in [0.15, 0.2) is 29.4 Å². The summed E-state index contributed by atoms with van der Waals surface area (Å²) in [6, 6.07) is 7.83. The van der Waals surface area contributed by atoms with Gasteiger partial charge in [-0.3, -0.25) is 4.79 Å². The van der Waals surface area contributed by atoms with Gasteiger partial charge in [-0.2, -0.15) is 0 Å². The summed E-state index contributed by atoms with van der Waals surface area (Å²) in [5.41, 5.74) is 1.73. The fraction of sp³-hybridized carbons (Fsp3) is 0.385. The number of para-hydroxylation sites is 2. The number of hydrogen-bond acceptors (Lipinski definition) is 3. The SMILES string of the molecule is CC(C)(C)NC(=O)CSc1nc2ccccc2[nH]1. The molecule has 1 amide bonds. The number of rotatable bonds is 3. The Morgan fingerprint density at radius 2 is 2.11 bits per heavy atom. The van der Waals surface area contributed by atoms with Crippen molar-refractivity contribution in [3.05, 3.63) is 24.3 Å². The van der Waals surface area contributed by atoms with Gasteiger partial charge in [0.15, 0.2) is 5.16 Å². The van der Waals surface area contributed by atoms with Crippen LogP contribution in [0.4, 0.5) is 0 Å². The highest BCUT2D eigenvalue weighted by molar-refractivity contribution is 7.99. The summed E-state index contributed by atoms with van der Waals surface area (Å²) in [6.07, 6.45) is 0. The average molecular weight is 263 g/mol. The van der Waals surface area contributed by atoms with Crippen LogP contribution in [0.25, 0.3) is 11.0 Å². The van der Waals surface area contributed by atoms with Crippen LogP contribution in [0.1, 0.15) is 20.8 Å². The smallest absolute Gasteiger partial charge is 0.230 e. The van der Waals surface area contributed by atoms with E-state index in [2.05, 4.69) is 15.3 Å². The van der Waals surface area contributed by atoms with E-state index >= 15 is 0 Å². The average Bonchev–Trinajstić information content (AvgIpc) is 2.66. The topological polar surface area (TPSA) is 57.8 Å². The Balaban J connectivity index is 1.96. The van der Waals surface area contributed by atoms with Crippen molar-refractivity contribution in [2.45, 2.75) is 31.5 Å². The molecule has 2 N–H and O–H groups in total. The minimum Gasteiger partial charge on any atom is -0.351 e. The Hall–Kier alpha value is -1.49. The number of amides is 1. The molecule has 0 unspecified atom stereocenters. The number of imidazole rings is 1. The van der Waals surface area contributed by atoms with Crippen molar-refractivity contribution in [3.63, 3.8) is 0 Å². The van der Waals surface area contributed by atoms with E-state index in [0.717, 1.165) is 16.2 Å². The molecule has 5 heteroatoms. The molecule has 0 saturated carbocycles. The van der Waals surface area contributed by atoms with Crippen molar-refractivity contribution in [1.29, 1.82) is 0 Å². The molecule has 0 aliphatic heterocycles. The van der Waals surface area contributed by atoms with Gasteiger partial charge in [0, 0.05) is 5.54 Å². The zero-order valence-corrected chi connectivity index (χ0v) is 11.6. The Kier molecular flexibility index (Phi) is 3.61. The molecule has 1 aromatic carbocycles. The molecular weight excluding hydrogens is 246 g/mol. The van der Waals surface area contributed by atoms with Crippen LogP contribution in [0.5, 0.6) is 0 Å². The van der Waals surface area contributed by atoms with E-state index in [-0.39, 0.29) is 11.4 Å². The highest BCUT2D eigenvalue weighted by Gasteiger charge is 2.14. The molecule has 4 nitrogen and oxygen atoms in total. The van der Waals surface area contributed by atoms with Crippen LogP contribution in [0, 0.1) is 0 Å². The van der Waals surface area contributed by atoms with E-state index in [0.29, 0.717) is 5.75 Å². The Bertz CT molecular complexity index is 524. The van der Waals surface area contributed by atoms with Gasteiger partial charge in [0.2, 0.25) is 5.91 Å². The number of carbonyl (C=O) groups excluding carboxylic acids is 1. The second-order valence-electron chi connectivity index (χ2n) is 5.15. The van der Waals surface area contributed by atoms with Crippen LogP contribution in [0.3, 0.4) is 0 Å². The Labute approximate surface area is 111 Å². The summed E-state index contributed by atoms with van der Waals surface area (Å²) in [7, 11) is 0. The standard InChI is InChI=1S/C13H17N3OS/c1-13(2,3)16-11(17)8-18-12-14-9-6-4-5-7-10(9)15-12/h4-7H,8H2,1-3H3,(H,14,15)(H,16,17). The van der Waals surface area contributed by atoms with Gasteiger partial charge in [-0.25, -0.2) is 4.98 Å². The highest BCUT2D eigenvalue weighted by atomic mass is 32.2. The summed E-state index contributed by atoms with van der Waals surface area (Å²) in [4.78, 5) is 19.3. The number of H-pyrrole nitrogens is 1. The third-order valence-corrected chi connectivity index (χ3v) is 3.10. The first-order valence-electron chi connectivity index (χ1n) is 5.83. The van der Waals surface area contributed by atoms with Crippen LogP contribution < -0.4 is 5.32 Å². The molecule has 0 radical (unpaired) electrons. The van der Waals surface area contributed by atoms with Crippen LogP contribution in [0.2, 0.25) is 0 Å². The summed E-state index contributed by atoms with van der Waals surface area (Å²) >= 11 is 1.42. The molecule has 1 heterocycles. The largest absolute Gasteiger partial charge is 0.351 e. The summed E-state index contributed by atoms with van der Waals surface area (Å²) in [6.45, 7) is 5.91. The third kappa shape index (κ3) is 3.50. The number of nitrogens with zero attached hydrogens (tertiary/aromatic N) is 1. The molecule has 18 heavy (non-hydrogen) atoms. The zero-order valence-electron chi connectivity index (χ0n) is 10.8. The van der Waals surface area contributed by atoms with Gasteiger partial charge in [0.25, 0.3) is 0 Å². The molecule has 96 valence electrons. The molecule has 2 aromatic rings. The van der Waals surface area contributed by atoms with Gasteiger partial charge < -0.3 is 10.3 Å². The monoisotopic (exact) mass is 263 g/mol. The van der Waals surface area contributed by atoms with Gasteiger partial charge in [-0.05, 0) is 32.9 Å². The van der Waals surface area contributed by atoms with Crippen LogP contribution >= 0.6 is 11.8 Å². The first-order valence-corrected chi connectivity index (χ1v) is 6.81. The Morgan fingerprint density at radius 1 is 1.39 bits per heavy atom. The summed E-state index contributed by atoms with van der Waals surface area (Å²) in [5, 5.41) is 3.70. The predicted octanol–water partition coefficient (Wildman–Crippen LogP) is 2.57. The van der Waals surface area contributed by atoms with E-state index in [1.165, 1.54) is 11.8 Å². The second-order valence-corrected chi connectivity index (χ2v) is 6.11. The van der Waals surface area contributed by atoms with Crippen molar-refractivity contribution in [2.24, 2.45) is 0 Å². The van der Waals surface area contributed by atoms with Crippen LogP contribution in [-0.2, 0) is 4.79 Å². The lowest BCUT2D eigenvalue weighted by molar-refractivity contribution is -0.119. The van der Waals surface area contributed by atoms with E-state index in [1.807, 2.05) is 45.0 Å². The minimum atomic E-state index is -0.189. The molecule has 0 atom stereocenters. The first kappa shape index (κ1) is 13.0. The second kappa shape index (κ2) is 5.02. The van der Waals surface area contributed by atoms with E-state index < -0.39 is 0 Å². The number of nitrogens with one attached hydrogen (secondary N) is 2. The van der Waals surface area contributed by atoms with E-state index in [9.17, 15) is 4.79 Å². The molecule has 0 aliphatic carbocycles. The van der Waals surface area contributed by atoms with Crippen LogP contribution in [-0.4, -0.2) is 27.2 Å². The lowest BCUT2D eigenvalue weighted by Gasteiger charge is -2.19. The molecule has 0 aliphatic rings. The first-order chi connectivity index (χ1) is 8.44. The maximum Gasteiger partial charge on any atom is 0.230 e. The summed E-state index contributed by atoms with van der Waals surface area (Å²) in [5.74, 6) is 0.393. The minimum absolute atomic E-state index is 0.0213. The quantitative estimate of drug-likeness (QED) is 0.837. The van der Waals surface area contributed by atoms with E-state index in [4.69, 9.17) is 0 Å². The van der Waals surface area contributed by atoms with Gasteiger partial charge in [0.1, 0.15) is 0 Å². The molecule has 0 fully saturated rings. The number of thioether (sulfide) groups is 1. The fourth-order valence-electron chi connectivity index (χ4n) is 1.59. The van der Waals surface area contributed by atoms with Gasteiger partial charge in [0.05, 0.1) is 16.8 Å². The van der Waals surface area contributed by atoms with Gasteiger partial charge >= 0.3 is 0 Å². The predicted molar refractivity (Wildman–Crippen MR) is 74.7 cm³/mol. The molecule has 0 saturated heterocycles. The maximum absolute atomic E-state index is 11.7. The lowest BCUT2D eigenvalue weighted by atomic mass is 10.1. The number of hydrogen-bond donors (Lipinski definition) is 2. The van der Waals surface area contributed by atoms with Gasteiger partial charge in [-0.1, -0.05) is 23.9 Å². The summed E-state index contributed by atoms with van der Waals surface area (Å²) < 4.78 is 0. The zero-order chi connectivity index (χ0) is 13.2. The number of aromatic amines is 1. The van der Waals surface area contributed by atoms with Crippen molar-refractivity contribution >= 4 is 28.7 Å². The van der Waals surface area contributed by atoms with E-state index in [1.54, 1.807) is 0 Å². The van der Waals surface area contributed by atoms with Gasteiger partial charge in [-0.15, -0.1) is 0 Å². The van der Waals surface area contributed by atoms with Crippen molar-refractivity contribution in [1.82, 2.24) is 15.3 Å².